The molecule has 4 heteroatoms. The highest BCUT2D eigenvalue weighted by Gasteiger charge is 2.20. The molecule has 0 aromatic carbocycles. The van der Waals surface area contributed by atoms with Gasteiger partial charge < -0.3 is 9.84 Å². The van der Waals surface area contributed by atoms with Gasteiger partial charge in [0.2, 0.25) is 0 Å². The summed E-state index contributed by atoms with van der Waals surface area (Å²) in [5, 5.41) is 10.5. The molecule has 1 aliphatic rings. The molecule has 1 aromatic heterocycles. The molecule has 0 bridgehead atoms. The lowest BCUT2D eigenvalue weighted by atomic mass is 9.90. The van der Waals surface area contributed by atoms with E-state index >= 15 is 0 Å². The number of rotatable bonds is 4. The van der Waals surface area contributed by atoms with Crippen LogP contribution in [0, 0.1) is 0 Å². The number of hydrogen-bond acceptors (Lipinski definition) is 4. The summed E-state index contributed by atoms with van der Waals surface area (Å²) in [4.78, 5) is 5.60. The standard InChI is InChI=1S/C12H19NO2S/c1-15-8-10-11(7-14)16-12(13-10)9-5-3-2-4-6-9/h9,14H,2-8H2,1H3. The molecule has 1 N–H and O–H groups in total. The molecule has 1 aliphatic carbocycles. The Morgan fingerprint density at radius 2 is 2.12 bits per heavy atom. The van der Waals surface area contributed by atoms with E-state index in [-0.39, 0.29) is 6.61 Å². The number of ether oxygens (including phenoxy) is 1. The predicted molar refractivity (Wildman–Crippen MR) is 64.6 cm³/mol. The normalized spacial score (nSPS) is 17.9. The molecule has 1 saturated carbocycles. The minimum absolute atomic E-state index is 0.0864. The Morgan fingerprint density at radius 1 is 1.38 bits per heavy atom. The van der Waals surface area contributed by atoms with Crippen LogP contribution in [0.25, 0.3) is 0 Å². The maximum Gasteiger partial charge on any atom is 0.0964 e. The molecule has 16 heavy (non-hydrogen) atoms. The second-order valence-corrected chi connectivity index (χ2v) is 5.46. The van der Waals surface area contributed by atoms with Crippen LogP contribution >= 0.6 is 11.3 Å². The lowest BCUT2D eigenvalue weighted by molar-refractivity contribution is 0.178. The fourth-order valence-corrected chi connectivity index (χ4v) is 3.40. The summed E-state index contributed by atoms with van der Waals surface area (Å²) in [6.45, 7) is 0.599. The molecular formula is C12H19NO2S. The second-order valence-electron chi connectivity index (χ2n) is 4.35. The highest BCUT2D eigenvalue weighted by atomic mass is 32.1. The lowest BCUT2D eigenvalue weighted by Gasteiger charge is -2.18. The van der Waals surface area contributed by atoms with E-state index in [2.05, 4.69) is 4.98 Å². The Labute approximate surface area is 100 Å². The number of aliphatic hydroxyl groups excluding tert-OH is 1. The first-order chi connectivity index (χ1) is 7.85. The van der Waals surface area contributed by atoms with Crippen molar-refractivity contribution >= 4 is 11.3 Å². The van der Waals surface area contributed by atoms with E-state index in [1.807, 2.05) is 0 Å². The zero-order chi connectivity index (χ0) is 11.4. The van der Waals surface area contributed by atoms with Crippen molar-refractivity contribution in [2.24, 2.45) is 0 Å². The van der Waals surface area contributed by atoms with Crippen LogP contribution in [0.2, 0.25) is 0 Å². The summed E-state index contributed by atoms with van der Waals surface area (Å²) in [7, 11) is 1.67. The van der Waals surface area contributed by atoms with Gasteiger partial charge in [-0.15, -0.1) is 11.3 Å². The summed E-state index contributed by atoms with van der Waals surface area (Å²) in [5.74, 6) is 0.620. The number of hydrogen-bond donors (Lipinski definition) is 1. The van der Waals surface area contributed by atoms with E-state index in [1.54, 1.807) is 18.4 Å². The lowest BCUT2D eigenvalue weighted by Crippen LogP contribution is -2.04. The van der Waals surface area contributed by atoms with Crippen molar-refractivity contribution in [2.45, 2.75) is 51.2 Å². The summed E-state index contributed by atoms with van der Waals surface area (Å²) in [6, 6.07) is 0. The predicted octanol–water partition coefficient (Wildman–Crippen LogP) is 2.83. The van der Waals surface area contributed by atoms with Crippen molar-refractivity contribution in [1.29, 1.82) is 0 Å². The van der Waals surface area contributed by atoms with Crippen LogP contribution in [-0.2, 0) is 18.0 Å². The van der Waals surface area contributed by atoms with E-state index in [9.17, 15) is 5.11 Å². The maximum absolute atomic E-state index is 9.27. The topological polar surface area (TPSA) is 42.4 Å². The van der Waals surface area contributed by atoms with Crippen LogP contribution in [0.5, 0.6) is 0 Å². The molecule has 2 rings (SSSR count). The maximum atomic E-state index is 9.27. The highest BCUT2D eigenvalue weighted by Crippen LogP contribution is 2.36. The molecule has 1 heterocycles. The molecule has 0 unspecified atom stereocenters. The molecule has 0 atom stereocenters. The van der Waals surface area contributed by atoms with Gasteiger partial charge in [-0.05, 0) is 12.8 Å². The van der Waals surface area contributed by atoms with Crippen molar-refractivity contribution in [3.05, 3.63) is 15.6 Å². The molecule has 0 spiro atoms. The molecule has 1 fully saturated rings. The average Bonchev–Trinajstić information content (AvgIpc) is 2.74. The van der Waals surface area contributed by atoms with Gasteiger partial charge in [-0.1, -0.05) is 19.3 Å². The minimum Gasteiger partial charge on any atom is -0.391 e. The number of aliphatic hydroxyl groups is 1. The van der Waals surface area contributed by atoms with E-state index in [1.165, 1.54) is 37.1 Å². The van der Waals surface area contributed by atoms with Crippen molar-refractivity contribution in [3.63, 3.8) is 0 Å². The van der Waals surface area contributed by atoms with Gasteiger partial charge in [0, 0.05) is 13.0 Å². The van der Waals surface area contributed by atoms with Crippen molar-refractivity contribution in [1.82, 2.24) is 4.98 Å². The fourth-order valence-electron chi connectivity index (χ4n) is 2.30. The van der Waals surface area contributed by atoms with E-state index in [4.69, 9.17) is 4.74 Å². The zero-order valence-electron chi connectivity index (χ0n) is 9.74. The van der Waals surface area contributed by atoms with Crippen LogP contribution in [-0.4, -0.2) is 17.2 Å². The van der Waals surface area contributed by atoms with Crippen LogP contribution in [0.4, 0.5) is 0 Å². The van der Waals surface area contributed by atoms with Crippen LogP contribution in [0.1, 0.15) is 53.6 Å². The summed E-state index contributed by atoms with van der Waals surface area (Å²) < 4.78 is 5.10. The quantitative estimate of drug-likeness (QED) is 0.881. The first kappa shape index (κ1) is 12.0. The van der Waals surface area contributed by atoms with Gasteiger partial charge in [0.15, 0.2) is 0 Å². The molecular weight excluding hydrogens is 222 g/mol. The van der Waals surface area contributed by atoms with E-state index in [0.29, 0.717) is 12.5 Å². The molecule has 0 amide bonds. The molecule has 90 valence electrons. The van der Waals surface area contributed by atoms with Crippen molar-refractivity contribution in [3.8, 4) is 0 Å². The largest absolute Gasteiger partial charge is 0.391 e. The van der Waals surface area contributed by atoms with Gasteiger partial charge in [-0.3, -0.25) is 0 Å². The Kier molecular flexibility index (Phi) is 4.32. The zero-order valence-corrected chi connectivity index (χ0v) is 10.6. The molecule has 0 radical (unpaired) electrons. The minimum atomic E-state index is 0.0864. The molecule has 0 saturated heterocycles. The summed E-state index contributed by atoms with van der Waals surface area (Å²) in [6.07, 6.45) is 6.51. The number of thiazole rings is 1. The monoisotopic (exact) mass is 241 g/mol. The van der Waals surface area contributed by atoms with Gasteiger partial charge in [-0.2, -0.15) is 0 Å². The Hall–Kier alpha value is -0.450. The Bertz CT molecular complexity index is 332. The van der Waals surface area contributed by atoms with Crippen molar-refractivity contribution in [2.75, 3.05) is 7.11 Å². The van der Waals surface area contributed by atoms with Crippen molar-refractivity contribution < 1.29 is 9.84 Å². The van der Waals surface area contributed by atoms with Gasteiger partial charge in [0.1, 0.15) is 0 Å². The first-order valence-electron chi connectivity index (χ1n) is 5.93. The second kappa shape index (κ2) is 5.75. The molecule has 1 aromatic rings. The third kappa shape index (κ3) is 2.62. The Morgan fingerprint density at radius 3 is 2.75 bits per heavy atom. The van der Waals surface area contributed by atoms with E-state index in [0.717, 1.165) is 10.6 Å². The number of nitrogens with zero attached hydrogens (tertiary/aromatic N) is 1. The van der Waals surface area contributed by atoms with Gasteiger partial charge in [0.05, 0.1) is 28.8 Å². The molecule has 3 nitrogen and oxygen atoms in total. The van der Waals surface area contributed by atoms with Gasteiger partial charge >= 0.3 is 0 Å². The summed E-state index contributed by atoms with van der Waals surface area (Å²) >= 11 is 1.66. The third-order valence-corrected chi connectivity index (χ3v) is 4.42. The first-order valence-corrected chi connectivity index (χ1v) is 6.75. The SMILES string of the molecule is COCc1nc(C2CCCCC2)sc1CO. The fraction of sp³-hybridized carbons (Fsp3) is 0.750. The van der Waals surface area contributed by atoms with Gasteiger partial charge in [0.25, 0.3) is 0 Å². The number of methoxy groups -OCH3 is 1. The number of aromatic nitrogens is 1. The van der Waals surface area contributed by atoms with Crippen LogP contribution in [0.3, 0.4) is 0 Å². The van der Waals surface area contributed by atoms with Gasteiger partial charge in [-0.25, -0.2) is 4.98 Å². The van der Waals surface area contributed by atoms with Crippen LogP contribution in [0.15, 0.2) is 0 Å². The highest BCUT2D eigenvalue weighted by molar-refractivity contribution is 7.11. The Balaban J connectivity index is 2.14. The van der Waals surface area contributed by atoms with Crippen LogP contribution < -0.4 is 0 Å². The third-order valence-electron chi connectivity index (χ3n) is 3.17. The molecule has 0 aliphatic heterocycles. The van der Waals surface area contributed by atoms with E-state index < -0.39 is 0 Å². The summed E-state index contributed by atoms with van der Waals surface area (Å²) in [5.41, 5.74) is 0.926. The smallest absolute Gasteiger partial charge is 0.0964 e. The average molecular weight is 241 g/mol.